The van der Waals surface area contributed by atoms with Crippen molar-refractivity contribution >= 4 is 62.7 Å². The van der Waals surface area contributed by atoms with Crippen LogP contribution in [-0.4, -0.2) is 35.4 Å². The van der Waals surface area contributed by atoms with E-state index in [1.807, 2.05) is 0 Å². The summed E-state index contributed by atoms with van der Waals surface area (Å²) in [7, 11) is 0. The van der Waals surface area contributed by atoms with Crippen molar-refractivity contribution in [2.75, 3.05) is 0 Å². The first-order valence-corrected chi connectivity index (χ1v) is 21.8. The maximum atomic E-state index is 15.8. The molecule has 0 spiro atoms. The summed E-state index contributed by atoms with van der Waals surface area (Å²) < 4.78 is 460. The van der Waals surface area contributed by atoms with Crippen molar-refractivity contribution in [2.24, 2.45) is 0 Å². The van der Waals surface area contributed by atoms with Gasteiger partial charge in [0.1, 0.15) is 0 Å². The van der Waals surface area contributed by atoms with Crippen LogP contribution < -0.4 is 27.3 Å². The molecule has 78 heavy (non-hydrogen) atoms. The average molecular weight is 1170 g/mol. The summed E-state index contributed by atoms with van der Waals surface area (Å²) in [5.41, 5.74) is -16.5. The smallest absolute Gasteiger partial charge is 0.534 e. The minimum Gasteiger partial charge on any atom is -0.534 e. The van der Waals surface area contributed by atoms with Gasteiger partial charge in [-0.2, -0.15) is 0 Å². The van der Waals surface area contributed by atoms with Crippen LogP contribution in [0.4, 0.5) is 132 Å². The molecule has 6 aromatic carbocycles. The van der Waals surface area contributed by atoms with Crippen LogP contribution in [0.3, 0.4) is 0 Å². The summed E-state index contributed by atoms with van der Waals surface area (Å²) >= 11 is -6.31. The fraction of sp³-hybridized carbons (Fsp3) is 0.0952. The monoisotopic (exact) mass is 1170 g/mol. The van der Waals surface area contributed by atoms with Gasteiger partial charge in [-0.05, 0) is 24.6 Å². The summed E-state index contributed by atoms with van der Waals surface area (Å²) in [5, 5.41) is 0. The van der Waals surface area contributed by atoms with Crippen molar-refractivity contribution in [3.63, 3.8) is 0 Å². The SMILES string of the molecule is Fc1c(F)c(F)c(CB(c2c(F)c(F)c(F)c(F)c2F)C2CC=[C]([Al]([O]B(c3c(F)c(F)c(F)c(F)c3F)c3c(F)c(F)c(F)c(F)c3F)[O]B(c3c(F)c(F)c(F)c(F)c3F)c3c(F)c(F)c(F)c(F)c3F)C2)c(F)c1F. The highest BCUT2D eigenvalue weighted by Crippen LogP contribution is 2.39. The molecule has 36 heteroatoms. The molecule has 0 radical (unpaired) electrons. The van der Waals surface area contributed by atoms with Crippen molar-refractivity contribution in [1.29, 1.82) is 0 Å². The van der Waals surface area contributed by atoms with E-state index in [0.717, 1.165) is 0 Å². The fourth-order valence-corrected chi connectivity index (χ4v) is 10.5. The van der Waals surface area contributed by atoms with Crippen molar-refractivity contribution in [2.45, 2.75) is 25.0 Å². The molecule has 0 heterocycles. The summed E-state index contributed by atoms with van der Waals surface area (Å²) in [6.07, 6.45) is -5.32. The van der Waals surface area contributed by atoms with Gasteiger partial charge in [0, 0.05) is 27.4 Å². The van der Waals surface area contributed by atoms with E-state index in [0.29, 0.717) is 0 Å². The molecule has 6 aromatic rings. The highest BCUT2D eigenvalue weighted by atomic mass is 27.2. The zero-order valence-electron chi connectivity index (χ0n) is 36.2. The van der Waals surface area contributed by atoms with Crippen LogP contribution in [0.5, 0.6) is 0 Å². The summed E-state index contributed by atoms with van der Waals surface area (Å²) in [5.74, 6) is -98.6. The van der Waals surface area contributed by atoms with Crippen molar-refractivity contribution in [3.8, 4) is 0 Å². The number of hydrogen-bond donors (Lipinski definition) is 0. The van der Waals surface area contributed by atoms with Gasteiger partial charge >= 0.3 is 28.6 Å². The van der Waals surface area contributed by atoms with Gasteiger partial charge in [-0.15, -0.1) is 0 Å². The molecule has 0 saturated heterocycles. The van der Waals surface area contributed by atoms with E-state index < -0.39 is 272 Å². The Morgan fingerprint density at radius 1 is 0.295 bits per heavy atom. The molecule has 0 saturated carbocycles. The molecule has 1 unspecified atom stereocenters. The van der Waals surface area contributed by atoms with Gasteiger partial charge in [0.2, 0.25) is 5.82 Å². The molecule has 410 valence electrons. The fourth-order valence-electron chi connectivity index (χ4n) is 8.20. The van der Waals surface area contributed by atoms with Gasteiger partial charge in [0.05, 0.1) is 0 Å². The Labute approximate surface area is 416 Å². The van der Waals surface area contributed by atoms with Gasteiger partial charge in [-0.1, -0.05) is 16.3 Å². The van der Waals surface area contributed by atoms with Crippen LogP contribution in [0.1, 0.15) is 18.4 Å². The Morgan fingerprint density at radius 3 is 0.744 bits per heavy atom. The minimum atomic E-state index is -6.31. The third kappa shape index (κ3) is 9.41. The second kappa shape index (κ2) is 21.7. The van der Waals surface area contributed by atoms with Gasteiger partial charge < -0.3 is 7.41 Å². The third-order valence-electron chi connectivity index (χ3n) is 11.9. The van der Waals surface area contributed by atoms with Gasteiger partial charge in [-0.25, -0.2) is 132 Å². The van der Waals surface area contributed by atoms with E-state index in [2.05, 4.69) is 0 Å². The Balaban J connectivity index is 1.57. The number of benzene rings is 6. The van der Waals surface area contributed by atoms with E-state index >= 15 is 52.7 Å². The third-order valence-corrected chi connectivity index (χ3v) is 14.1. The number of hydrogen-bond acceptors (Lipinski definition) is 2. The summed E-state index contributed by atoms with van der Waals surface area (Å²) in [6, 6.07) is 0. The molecule has 0 N–H and O–H groups in total. The molecule has 7 rings (SSSR count). The molecule has 0 fully saturated rings. The Kier molecular flexibility index (Phi) is 16.5. The Bertz CT molecular complexity index is 3120. The minimum absolute atomic E-state index is 0.154. The molecule has 1 aliphatic rings. The summed E-state index contributed by atoms with van der Waals surface area (Å²) in [4.78, 5) is 0. The molecule has 1 atom stereocenters. The lowest BCUT2D eigenvalue weighted by Crippen LogP contribution is -2.60. The highest BCUT2D eigenvalue weighted by molar-refractivity contribution is 6.89. The van der Waals surface area contributed by atoms with Gasteiger partial charge in [0.25, 0.3) is 0 Å². The second-order valence-electron chi connectivity index (χ2n) is 16.1. The first-order chi connectivity index (χ1) is 36.2. The van der Waals surface area contributed by atoms with Crippen LogP contribution in [0.25, 0.3) is 0 Å². The largest absolute Gasteiger partial charge is 0.682 e. The molecule has 2 nitrogen and oxygen atoms in total. The van der Waals surface area contributed by atoms with Crippen LogP contribution in [0.15, 0.2) is 10.5 Å². The number of rotatable bonds is 13. The number of halogens is 30. The first-order valence-electron chi connectivity index (χ1n) is 20.3. The summed E-state index contributed by atoms with van der Waals surface area (Å²) in [6.45, 7) is -11.9. The molecule has 0 aromatic heterocycles. The molecule has 0 amide bonds. The predicted octanol–water partition coefficient (Wildman–Crippen LogP) is 10.1. The maximum Gasteiger partial charge on any atom is 0.682 e. The second-order valence-corrected chi connectivity index (χ2v) is 18.1. The van der Waals surface area contributed by atoms with Crippen LogP contribution in [0, 0.1) is 175 Å². The van der Waals surface area contributed by atoms with E-state index in [-0.39, 0.29) is 6.08 Å². The lowest BCUT2D eigenvalue weighted by molar-refractivity contribution is 0.372. The zero-order valence-corrected chi connectivity index (χ0v) is 37.4. The molecular weight excluding hydrogens is 1170 g/mol. The van der Waals surface area contributed by atoms with Crippen molar-refractivity contribution in [1.82, 2.24) is 0 Å². The van der Waals surface area contributed by atoms with E-state index in [1.54, 1.807) is 0 Å². The van der Waals surface area contributed by atoms with Crippen LogP contribution in [-0.2, 0) is 13.7 Å². The normalized spacial score (nSPS) is 13.5. The van der Waals surface area contributed by atoms with E-state index in [1.165, 1.54) is 0 Å². The van der Waals surface area contributed by atoms with Crippen molar-refractivity contribution < 1.29 is 139 Å². The van der Waals surface area contributed by atoms with Crippen LogP contribution in [0.2, 0.25) is 5.82 Å². The highest BCUT2D eigenvalue weighted by Gasteiger charge is 2.52. The predicted molar refractivity (Wildman–Crippen MR) is 206 cm³/mol. The lowest BCUT2D eigenvalue weighted by Gasteiger charge is -2.28. The quantitative estimate of drug-likeness (QED) is 0.0497. The average Bonchev–Trinajstić information content (AvgIpc) is 3.94. The van der Waals surface area contributed by atoms with Gasteiger partial charge in [-0.3, -0.25) is 0 Å². The van der Waals surface area contributed by atoms with Gasteiger partial charge in [0.15, 0.2) is 175 Å². The van der Waals surface area contributed by atoms with Crippen molar-refractivity contribution in [3.05, 3.63) is 191 Å². The van der Waals surface area contributed by atoms with E-state index in [9.17, 15) is 79.0 Å². The van der Waals surface area contributed by atoms with E-state index in [4.69, 9.17) is 7.41 Å². The standard InChI is InChI=1S/C18H8BF10.2C12BF10O.Al/c20-9-7(10(21)14(25)17(28)13(9)24)5-19(6-3-1-2-4-6)8-11(22)15(26)18(29)16(27)12(8)23;2*14-3-1(4(15)8(19)11(22)7(3)18)13(24)2-5(16)9(20)12(23)10(21)6(2)17;/h1,6H,3-5H2;;;/q;2*-1;+2. The zero-order chi connectivity index (χ0) is 58.5. The molecule has 0 aliphatic heterocycles. The first kappa shape index (κ1) is 59.3. The Morgan fingerprint density at radius 2 is 0.500 bits per heavy atom. The maximum absolute atomic E-state index is 15.8. The number of allylic oxidation sites excluding steroid dienone is 2. The topological polar surface area (TPSA) is 18.5 Å². The van der Waals surface area contributed by atoms with Crippen LogP contribution >= 0.6 is 0 Å². The molecule has 0 bridgehead atoms. The molecular formula is C42H8AlB3F30O2. The molecule has 1 aliphatic carbocycles. The Hall–Kier alpha value is -6.39. The lowest BCUT2D eigenvalue weighted by atomic mass is 9.33.